The van der Waals surface area contributed by atoms with E-state index in [0.717, 1.165) is 44.6 Å². The normalized spacial score (nSPS) is 15.7. The number of primary amides is 1. The van der Waals surface area contributed by atoms with Crippen LogP contribution in [0.15, 0.2) is 15.3 Å². The number of hydrogen-bond acceptors (Lipinski definition) is 9. The number of unbranched alkanes of at least 4 members (excludes halogenated alkanes) is 3. The molecular weight excluding hydrogens is 556 g/mol. The van der Waals surface area contributed by atoms with Gasteiger partial charge in [-0.05, 0) is 51.3 Å². The molecule has 0 bridgehead atoms. The van der Waals surface area contributed by atoms with E-state index in [-0.39, 0.29) is 54.0 Å². The number of rotatable bonds is 13. The first kappa shape index (κ1) is 36.4. The molecule has 1 aromatic heterocycles. The van der Waals surface area contributed by atoms with E-state index < -0.39 is 23.0 Å². The van der Waals surface area contributed by atoms with Crippen molar-refractivity contribution in [3.05, 3.63) is 39.2 Å². The van der Waals surface area contributed by atoms with E-state index in [1.165, 1.54) is 6.92 Å². The summed E-state index contributed by atoms with van der Waals surface area (Å²) in [5, 5.41) is 2.85. The zero-order valence-electron chi connectivity index (χ0n) is 24.5. The minimum atomic E-state index is -1.08. The highest BCUT2D eigenvalue weighted by molar-refractivity contribution is 5.86. The van der Waals surface area contributed by atoms with Gasteiger partial charge in [0.15, 0.2) is 17.1 Å². The Morgan fingerprint density at radius 2 is 1.93 bits per heavy atom. The topological polar surface area (TPSA) is 193 Å². The second-order valence-electron chi connectivity index (χ2n) is 9.73. The number of fused-ring (bicyclic) bond motifs is 1. The van der Waals surface area contributed by atoms with Crippen LogP contribution < -0.4 is 33.0 Å². The molecule has 12 nitrogen and oxygen atoms in total. The number of nitrogens with zero attached hydrogens (tertiary/aromatic N) is 1. The van der Waals surface area contributed by atoms with E-state index in [2.05, 4.69) is 22.8 Å². The van der Waals surface area contributed by atoms with Crippen molar-refractivity contribution < 1.29 is 37.2 Å². The van der Waals surface area contributed by atoms with Gasteiger partial charge in [0.05, 0.1) is 24.7 Å². The molecule has 1 aliphatic rings. The van der Waals surface area contributed by atoms with Crippen LogP contribution >= 0.6 is 0 Å². The van der Waals surface area contributed by atoms with Crippen molar-refractivity contribution in [1.82, 2.24) is 10.2 Å². The summed E-state index contributed by atoms with van der Waals surface area (Å²) in [5.41, 5.74) is 8.69. The molecule has 1 aromatic carbocycles. The number of carbonyl (C=O) groups is 3. The van der Waals surface area contributed by atoms with Crippen LogP contribution in [-0.4, -0.2) is 62.0 Å². The molecule has 0 aliphatic carbocycles. The number of ether oxygens (including phenoxy) is 1. The number of benzene rings is 1. The van der Waals surface area contributed by atoms with Gasteiger partial charge in [-0.3, -0.25) is 19.2 Å². The van der Waals surface area contributed by atoms with Crippen LogP contribution in [0.1, 0.15) is 63.5 Å². The van der Waals surface area contributed by atoms with Crippen LogP contribution in [-0.2, 0) is 25.6 Å². The summed E-state index contributed by atoms with van der Waals surface area (Å²) in [6, 6.07) is 1.33. The first-order valence-electron chi connectivity index (χ1n) is 13.9. The van der Waals surface area contributed by atoms with Gasteiger partial charge in [-0.2, -0.15) is 4.39 Å². The molecule has 7 N–H and O–H groups in total. The molecule has 1 aliphatic heterocycles. The number of amides is 3. The first-order chi connectivity index (χ1) is 20.1. The van der Waals surface area contributed by atoms with Gasteiger partial charge in [0.2, 0.25) is 24.5 Å². The number of carbonyl (C=O) groups excluding carboxylic acids is 3. The maximum atomic E-state index is 14.7. The van der Waals surface area contributed by atoms with Crippen molar-refractivity contribution in [2.24, 2.45) is 17.4 Å². The van der Waals surface area contributed by atoms with Gasteiger partial charge < -0.3 is 30.8 Å². The molecule has 2 atom stereocenters. The van der Waals surface area contributed by atoms with E-state index >= 15 is 0 Å². The summed E-state index contributed by atoms with van der Waals surface area (Å²) in [5.74, 6) is 2.04. The van der Waals surface area contributed by atoms with Gasteiger partial charge in [-0.1, -0.05) is 26.2 Å². The monoisotopic (exact) mass is 599 g/mol. The Bertz CT molecular complexity index is 1210. The second-order valence-corrected chi connectivity index (χ2v) is 9.73. The number of nitrogens with one attached hydrogen (secondary N) is 1. The summed E-state index contributed by atoms with van der Waals surface area (Å²) in [4.78, 5) is 49.7. The summed E-state index contributed by atoms with van der Waals surface area (Å²) in [7, 11) is 0. The Morgan fingerprint density at radius 3 is 2.48 bits per heavy atom. The predicted molar refractivity (Wildman–Crippen MR) is 153 cm³/mol. The molecule has 2 aromatic rings. The lowest BCUT2D eigenvalue weighted by atomic mass is 10.0. The number of hydrogen-bond donors (Lipinski definition) is 4. The molecule has 2 heterocycles. The minimum absolute atomic E-state index is 0.0280. The second kappa shape index (κ2) is 19.5. The van der Waals surface area contributed by atoms with Crippen molar-refractivity contribution in [3.63, 3.8) is 0 Å². The quantitative estimate of drug-likeness (QED) is 0.115. The highest BCUT2D eigenvalue weighted by atomic mass is 19.1. The predicted octanol–water partition coefficient (Wildman–Crippen LogP) is 1.94. The number of aryl methyl sites for hydroxylation is 1. The SMILES string of the molecule is CC1CC(ON)CN1C=O.CCCCCCNC(=O)Cc1c(C)c2cc(F)c(OCCCN)c(F)c2oc1=O.NC=O. The van der Waals surface area contributed by atoms with E-state index in [4.69, 9.17) is 25.6 Å². The van der Waals surface area contributed by atoms with Crippen molar-refractivity contribution in [2.75, 3.05) is 26.2 Å². The van der Waals surface area contributed by atoms with Crippen molar-refractivity contribution in [3.8, 4) is 5.75 Å². The van der Waals surface area contributed by atoms with Gasteiger partial charge >= 0.3 is 5.63 Å². The Morgan fingerprint density at radius 1 is 1.24 bits per heavy atom. The summed E-state index contributed by atoms with van der Waals surface area (Å²) in [6.45, 7) is 7.11. The Kier molecular flexibility index (Phi) is 16.9. The molecule has 1 saturated heterocycles. The fourth-order valence-electron chi connectivity index (χ4n) is 4.28. The average molecular weight is 600 g/mol. The van der Waals surface area contributed by atoms with Gasteiger partial charge in [0, 0.05) is 24.5 Å². The highest BCUT2D eigenvalue weighted by Gasteiger charge is 2.28. The number of likely N-dealkylation sites (tertiary alicyclic amines) is 1. The van der Waals surface area contributed by atoms with Gasteiger partial charge in [-0.25, -0.2) is 15.1 Å². The zero-order valence-corrected chi connectivity index (χ0v) is 24.5. The summed E-state index contributed by atoms with van der Waals surface area (Å²) < 4.78 is 39.2. The van der Waals surface area contributed by atoms with Gasteiger partial charge in [0.1, 0.15) is 0 Å². The van der Waals surface area contributed by atoms with Crippen LogP contribution in [0.4, 0.5) is 8.78 Å². The molecule has 236 valence electrons. The maximum absolute atomic E-state index is 14.7. The number of halogens is 2. The lowest BCUT2D eigenvalue weighted by Gasteiger charge is -2.13. The molecule has 2 unspecified atom stereocenters. The molecular formula is C28H43F2N5O7. The smallest absolute Gasteiger partial charge is 0.340 e. The Balaban J connectivity index is 0.000000561. The Hall–Kier alpha value is -3.62. The molecule has 3 rings (SSSR count). The summed E-state index contributed by atoms with van der Waals surface area (Å²) in [6.07, 6.45) is 6.23. The fraction of sp³-hybridized carbons (Fsp3) is 0.571. The lowest BCUT2D eigenvalue weighted by Crippen LogP contribution is -2.28. The third kappa shape index (κ3) is 11.0. The van der Waals surface area contributed by atoms with E-state index in [9.17, 15) is 23.2 Å². The molecule has 42 heavy (non-hydrogen) atoms. The van der Waals surface area contributed by atoms with Crippen molar-refractivity contribution in [2.45, 2.75) is 77.9 Å². The summed E-state index contributed by atoms with van der Waals surface area (Å²) >= 11 is 0. The third-order valence-corrected chi connectivity index (χ3v) is 6.63. The van der Waals surface area contributed by atoms with E-state index in [1.54, 1.807) is 4.90 Å². The molecule has 3 amide bonds. The molecule has 14 heteroatoms. The first-order valence-corrected chi connectivity index (χ1v) is 13.9. The van der Waals surface area contributed by atoms with Crippen molar-refractivity contribution in [1.29, 1.82) is 0 Å². The zero-order chi connectivity index (χ0) is 31.7. The van der Waals surface area contributed by atoms with Crippen LogP contribution in [0.25, 0.3) is 11.0 Å². The van der Waals surface area contributed by atoms with Gasteiger partial charge in [-0.15, -0.1) is 0 Å². The highest BCUT2D eigenvalue weighted by Crippen LogP contribution is 2.31. The van der Waals surface area contributed by atoms with E-state index in [1.807, 2.05) is 6.92 Å². The largest absolute Gasteiger partial charge is 0.487 e. The maximum Gasteiger partial charge on any atom is 0.340 e. The molecule has 1 fully saturated rings. The minimum Gasteiger partial charge on any atom is -0.487 e. The standard InChI is InChI=1S/C21H28F2N2O4.C6H12N2O2.CH3NO/c1-3-4-5-6-9-25-17(26)12-15-13(2)14-11-16(22)20(28-10-7-8-24)18(23)19(14)29-21(15)27;1-5-2-6(10-7)3-8(5)4-9;2-1-3/h11H,3-10,12,24H2,1-2H3,(H,25,26);4-6H,2-3,7H2,1H3;1H,(H2,2,3). The van der Waals surface area contributed by atoms with Crippen LogP contribution in [0.3, 0.4) is 0 Å². The lowest BCUT2D eigenvalue weighted by molar-refractivity contribution is -0.120. The average Bonchev–Trinajstić information content (AvgIpc) is 3.34. The molecule has 0 saturated carbocycles. The number of nitrogens with two attached hydrogens (primary N) is 3. The van der Waals surface area contributed by atoms with Crippen LogP contribution in [0.2, 0.25) is 0 Å². The fourth-order valence-corrected chi connectivity index (χ4v) is 4.28. The van der Waals surface area contributed by atoms with Gasteiger partial charge in [0.25, 0.3) is 0 Å². The third-order valence-electron chi connectivity index (χ3n) is 6.63. The van der Waals surface area contributed by atoms with Crippen LogP contribution in [0.5, 0.6) is 5.75 Å². The van der Waals surface area contributed by atoms with Crippen LogP contribution in [0, 0.1) is 18.6 Å². The Labute approximate surface area is 243 Å². The van der Waals surface area contributed by atoms with Crippen molar-refractivity contribution >= 4 is 29.7 Å². The van der Waals surface area contributed by atoms with E-state index in [0.29, 0.717) is 31.6 Å². The molecule has 0 spiro atoms. The molecule has 0 radical (unpaired) electrons.